The molecule has 1 aromatic rings. The molecule has 1 aromatic carbocycles. The van der Waals surface area contributed by atoms with Gasteiger partial charge in [0.1, 0.15) is 10.7 Å². The number of morpholine rings is 1. The van der Waals surface area contributed by atoms with Gasteiger partial charge in [-0.3, -0.25) is 9.59 Å². The van der Waals surface area contributed by atoms with Crippen LogP contribution in [-0.4, -0.2) is 57.4 Å². The summed E-state index contributed by atoms with van der Waals surface area (Å²) in [6.45, 7) is 2.99. The van der Waals surface area contributed by atoms with Gasteiger partial charge in [-0.2, -0.15) is 4.31 Å². The van der Waals surface area contributed by atoms with Crippen molar-refractivity contribution in [2.75, 3.05) is 38.2 Å². The first-order valence-electron chi connectivity index (χ1n) is 9.24. The number of carbonyl (C=O) groups excluding carboxylic acids is 2. The number of amides is 2. The molecular formula is C18H24FN3O5S. The number of rotatable bonds is 7. The molecule has 3 rings (SSSR count). The first-order chi connectivity index (χ1) is 13.3. The molecule has 0 spiro atoms. The van der Waals surface area contributed by atoms with E-state index in [1.54, 1.807) is 0 Å². The predicted molar refractivity (Wildman–Crippen MR) is 99.5 cm³/mol. The van der Waals surface area contributed by atoms with Crippen LogP contribution in [0.15, 0.2) is 23.1 Å². The second-order valence-corrected chi connectivity index (χ2v) is 8.98. The molecular weight excluding hydrogens is 389 g/mol. The van der Waals surface area contributed by atoms with Gasteiger partial charge in [0.2, 0.25) is 21.8 Å². The molecule has 0 aromatic heterocycles. The van der Waals surface area contributed by atoms with E-state index in [0.29, 0.717) is 5.92 Å². The zero-order valence-corrected chi connectivity index (χ0v) is 16.4. The van der Waals surface area contributed by atoms with Crippen LogP contribution in [0.4, 0.5) is 10.1 Å². The van der Waals surface area contributed by atoms with Crippen molar-refractivity contribution in [1.29, 1.82) is 0 Å². The van der Waals surface area contributed by atoms with Crippen LogP contribution in [0.3, 0.4) is 0 Å². The van der Waals surface area contributed by atoms with Gasteiger partial charge in [0.25, 0.3) is 0 Å². The zero-order valence-electron chi connectivity index (χ0n) is 15.6. The van der Waals surface area contributed by atoms with Crippen LogP contribution in [0.5, 0.6) is 0 Å². The summed E-state index contributed by atoms with van der Waals surface area (Å²) >= 11 is 0. The summed E-state index contributed by atoms with van der Waals surface area (Å²) < 4.78 is 45.8. The fraction of sp³-hybridized carbons (Fsp3) is 0.556. The number of ether oxygens (including phenoxy) is 1. The Morgan fingerprint density at radius 2 is 1.96 bits per heavy atom. The number of hydrogen-bond acceptors (Lipinski definition) is 5. The average molecular weight is 413 g/mol. The number of sulfonamides is 1. The van der Waals surface area contributed by atoms with Gasteiger partial charge in [0, 0.05) is 37.7 Å². The van der Waals surface area contributed by atoms with Gasteiger partial charge in [0.05, 0.1) is 13.2 Å². The highest BCUT2D eigenvalue weighted by Gasteiger charge is 2.38. The van der Waals surface area contributed by atoms with Crippen LogP contribution in [0, 0.1) is 17.7 Å². The number of benzene rings is 1. The number of anilines is 1. The lowest BCUT2D eigenvalue weighted by Gasteiger charge is -2.26. The molecule has 1 saturated heterocycles. The van der Waals surface area contributed by atoms with Crippen molar-refractivity contribution in [3.63, 3.8) is 0 Å². The minimum atomic E-state index is -4.02. The normalized spacial score (nSPS) is 22.5. The first kappa shape index (κ1) is 20.7. The van der Waals surface area contributed by atoms with E-state index in [4.69, 9.17) is 4.74 Å². The van der Waals surface area contributed by atoms with Crippen LogP contribution in [0.1, 0.15) is 19.8 Å². The van der Waals surface area contributed by atoms with Crippen LogP contribution in [0.25, 0.3) is 0 Å². The third kappa shape index (κ3) is 4.86. The van der Waals surface area contributed by atoms with Crippen molar-refractivity contribution >= 4 is 27.5 Å². The standard InChI is InChI=1S/C18H24FN3O5S/c1-12-10-14(12)18(24)20-5-4-17(23)21-13-2-3-15(19)16(11-13)28(25,26)22-6-8-27-9-7-22/h2-3,11-12,14H,4-10H2,1H3,(H,20,24)(H,21,23). The smallest absolute Gasteiger partial charge is 0.246 e. The van der Waals surface area contributed by atoms with E-state index < -0.39 is 26.6 Å². The van der Waals surface area contributed by atoms with Gasteiger partial charge in [-0.15, -0.1) is 0 Å². The maximum Gasteiger partial charge on any atom is 0.246 e. The fourth-order valence-electron chi connectivity index (χ4n) is 3.05. The monoisotopic (exact) mass is 413 g/mol. The second kappa shape index (κ2) is 8.54. The number of carbonyl (C=O) groups is 2. The minimum Gasteiger partial charge on any atom is -0.379 e. The summed E-state index contributed by atoms with van der Waals surface area (Å²) in [6.07, 6.45) is 0.907. The first-order valence-corrected chi connectivity index (χ1v) is 10.7. The zero-order chi connectivity index (χ0) is 20.3. The van der Waals surface area contributed by atoms with Crippen molar-refractivity contribution in [3.05, 3.63) is 24.0 Å². The van der Waals surface area contributed by atoms with Gasteiger partial charge in [-0.05, 0) is 30.5 Å². The number of nitrogens with one attached hydrogen (secondary N) is 2. The summed E-state index contributed by atoms with van der Waals surface area (Å²) in [5.41, 5.74) is 0.181. The van der Waals surface area contributed by atoms with E-state index in [-0.39, 0.29) is 56.8 Å². The maximum atomic E-state index is 14.2. The third-order valence-corrected chi connectivity index (χ3v) is 6.81. The van der Waals surface area contributed by atoms with Crippen LogP contribution >= 0.6 is 0 Å². The molecule has 2 N–H and O–H groups in total. The SMILES string of the molecule is CC1CC1C(=O)NCCC(=O)Nc1ccc(F)c(S(=O)(=O)N2CCOCC2)c1. The highest BCUT2D eigenvalue weighted by Crippen LogP contribution is 2.37. The van der Waals surface area contributed by atoms with E-state index in [1.807, 2.05) is 6.92 Å². The minimum absolute atomic E-state index is 0.0353. The molecule has 1 aliphatic carbocycles. The highest BCUT2D eigenvalue weighted by molar-refractivity contribution is 7.89. The Labute approximate surface area is 163 Å². The van der Waals surface area contributed by atoms with Crippen molar-refractivity contribution in [3.8, 4) is 0 Å². The van der Waals surface area contributed by atoms with Gasteiger partial charge >= 0.3 is 0 Å². The topological polar surface area (TPSA) is 105 Å². The molecule has 1 saturated carbocycles. The molecule has 8 nitrogen and oxygen atoms in total. The number of nitrogens with zero attached hydrogens (tertiary/aromatic N) is 1. The summed E-state index contributed by atoms with van der Waals surface area (Å²) in [7, 11) is -4.02. The molecule has 28 heavy (non-hydrogen) atoms. The summed E-state index contributed by atoms with van der Waals surface area (Å²) in [4.78, 5) is 23.3. The van der Waals surface area contributed by atoms with E-state index >= 15 is 0 Å². The third-order valence-electron chi connectivity index (χ3n) is 4.90. The van der Waals surface area contributed by atoms with Gasteiger partial charge in [-0.25, -0.2) is 12.8 Å². The molecule has 154 valence electrons. The quantitative estimate of drug-likeness (QED) is 0.693. The second-order valence-electron chi connectivity index (χ2n) is 7.07. The molecule has 2 unspecified atom stereocenters. The molecule has 0 bridgehead atoms. The lowest BCUT2D eigenvalue weighted by molar-refractivity contribution is -0.122. The molecule has 2 aliphatic rings. The van der Waals surface area contributed by atoms with Crippen molar-refractivity contribution in [2.24, 2.45) is 11.8 Å². The average Bonchev–Trinajstić information content (AvgIpc) is 3.40. The Morgan fingerprint density at radius 1 is 1.29 bits per heavy atom. The Bertz CT molecular complexity index is 855. The van der Waals surface area contributed by atoms with Crippen LogP contribution < -0.4 is 10.6 Å². The van der Waals surface area contributed by atoms with Crippen molar-refractivity contribution < 1.29 is 27.1 Å². The van der Waals surface area contributed by atoms with Crippen molar-refractivity contribution in [1.82, 2.24) is 9.62 Å². The highest BCUT2D eigenvalue weighted by atomic mass is 32.2. The van der Waals surface area contributed by atoms with Gasteiger partial charge < -0.3 is 15.4 Å². The molecule has 0 radical (unpaired) electrons. The molecule has 2 fully saturated rings. The van der Waals surface area contributed by atoms with E-state index in [2.05, 4.69) is 10.6 Å². The summed E-state index contributed by atoms with van der Waals surface area (Å²) in [6, 6.07) is 3.43. The predicted octanol–water partition coefficient (Wildman–Crippen LogP) is 0.947. The van der Waals surface area contributed by atoms with Gasteiger partial charge in [-0.1, -0.05) is 6.92 Å². The Morgan fingerprint density at radius 3 is 2.61 bits per heavy atom. The Kier molecular flexibility index (Phi) is 6.31. The van der Waals surface area contributed by atoms with Crippen molar-refractivity contribution in [2.45, 2.75) is 24.7 Å². The number of halogens is 1. The maximum absolute atomic E-state index is 14.2. The lowest BCUT2D eigenvalue weighted by atomic mass is 10.3. The summed E-state index contributed by atoms with van der Waals surface area (Å²) in [5.74, 6) is -0.908. The largest absolute Gasteiger partial charge is 0.379 e. The molecule has 2 amide bonds. The van der Waals surface area contributed by atoms with Crippen LogP contribution in [-0.2, 0) is 24.3 Å². The van der Waals surface area contributed by atoms with Crippen LogP contribution in [0.2, 0.25) is 0 Å². The lowest BCUT2D eigenvalue weighted by Crippen LogP contribution is -2.40. The summed E-state index contributed by atoms with van der Waals surface area (Å²) in [5, 5.41) is 5.25. The molecule has 10 heteroatoms. The molecule has 1 aliphatic heterocycles. The van der Waals surface area contributed by atoms with E-state index in [0.717, 1.165) is 22.9 Å². The Hall–Kier alpha value is -2.04. The fourth-order valence-corrected chi connectivity index (χ4v) is 4.54. The van der Waals surface area contributed by atoms with E-state index in [1.165, 1.54) is 6.07 Å². The number of hydrogen-bond donors (Lipinski definition) is 2. The van der Waals surface area contributed by atoms with E-state index in [9.17, 15) is 22.4 Å². The molecule has 2 atom stereocenters. The van der Waals surface area contributed by atoms with Gasteiger partial charge in [0.15, 0.2) is 0 Å². The molecule has 1 heterocycles. The Balaban J connectivity index is 1.59.